The summed E-state index contributed by atoms with van der Waals surface area (Å²) in [6, 6.07) is 1.40. The fourth-order valence-corrected chi connectivity index (χ4v) is 2.52. The molecule has 0 radical (unpaired) electrons. The Morgan fingerprint density at radius 3 is 2.58 bits per heavy atom. The van der Waals surface area contributed by atoms with Crippen LogP contribution in [-0.2, 0) is 0 Å². The molecule has 1 spiro atoms. The molecule has 1 saturated heterocycles. The molecule has 0 bridgehead atoms. The summed E-state index contributed by atoms with van der Waals surface area (Å²) in [6.07, 6.45) is 2.89. The van der Waals surface area contributed by atoms with E-state index >= 15 is 0 Å². The maximum absolute atomic E-state index is 3.68. The highest BCUT2D eigenvalue weighted by atomic mass is 15.2. The molecule has 1 heterocycles. The van der Waals surface area contributed by atoms with Gasteiger partial charge in [-0.05, 0) is 25.3 Å². The molecule has 2 heteroatoms. The van der Waals surface area contributed by atoms with Crippen molar-refractivity contribution in [1.29, 1.82) is 0 Å². The number of hydrogen-bond donors (Lipinski definition) is 1. The van der Waals surface area contributed by atoms with Crippen molar-refractivity contribution < 1.29 is 0 Å². The van der Waals surface area contributed by atoms with E-state index in [-0.39, 0.29) is 0 Å². The van der Waals surface area contributed by atoms with Gasteiger partial charge in [0.2, 0.25) is 0 Å². The molecule has 1 saturated carbocycles. The van der Waals surface area contributed by atoms with Crippen molar-refractivity contribution in [1.82, 2.24) is 10.2 Å². The molecule has 2 aliphatic rings. The van der Waals surface area contributed by atoms with Crippen LogP contribution in [-0.4, -0.2) is 37.1 Å². The minimum atomic E-state index is 0.638. The van der Waals surface area contributed by atoms with Crippen molar-refractivity contribution in [3.8, 4) is 0 Å². The molecule has 1 unspecified atom stereocenters. The lowest BCUT2D eigenvalue weighted by molar-refractivity contribution is 0.380. The zero-order valence-corrected chi connectivity index (χ0v) is 8.43. The van der Waals surface area contributed by atoms with Crippen molar-refractivity contribution in [3.05, 3.63) is 0 Å². The first kappa shape index (κ1) is 8.52. The minimum Gasteiger partial charge on any atom is -0.310 e. The Kier molecular flexibility index (Phi) is 1.92. The largest absolute Gasteiger partial charge is 0.310 e. The summed E-state index contributed by atoms with van der Waals surface area (Å²) in [5.74, 6) is 0. The van der Waals surface area contributed by atoms with Crippen LogP contribution in [0, 0.1) is 5.41 Å². The van der Waals surface area contributed by atoms with Gasteiger partial charge >= 0.3 is 0 Å². The lowest BCUT2D eigenvalue weighted by Crippen LogP contribution is -2.41. The summed E-state index contributed by atoms with van der Waals surface area (Å²) in [6.45, 7) is 7.05. The van der Waals surface area contributed by atoms with E-state index < -0.39 is 0 Å². The highest BCUT2D eigenvalue weighted by molar-refractivity contribution is 5.09. The first-order valence-electron chi connectivity index (χ1n) is 5.07. The normalized spacial score (nSPS) is 33.5. The summed E-state index contributed by atoms with van der Waals surface area (Å²) in [7, 11) is 2.24. The van der Waals surface area contributed by atoms with Crippen LogP contribution in [0.4, 0.5) is 0 Å². The maximum atomic E-state index is 3.68. The maximum Gasteiger partial charge on any atom is 0.0265 e. The number of likely N-dealkylation sites (tertiary alicyclic amines) is 1. The highest BCUT2D eigenvalue weighted by Crippen LogP contribution is 2.52. The molecule has 2 rings (SSSR count). The van der Waals surface area contributed by atoms with Crippen LogP contribution >= 0.6 is 0 Å². The Bertz CT molecular complexity index is 173. The molecule has 1 atom stereocenters. The quantitative estimate of drug-likeness (QED) is 0.663. The van der Waals surface area contributed by atoms with Gasteiger partial charge in [0.15, 0.2) is 0 Å². The van der Waals surface area contributed by atoms with Gasteiger partial charge in [0.05, 0.1) is 0 Å². The first-order valence-corrected chi connectivity index (χ1v) is 5.07. The van der Waals surface area contributed by atoms with Gasteiger partial charge in [-0.1, -0.05) is 13.8 Å². The number of rotatable bonds is 2. The van der Waals surface area contributed by atoms with Gasteiger partial charge < -0.3 is 10.2 Å². The number of hydrogen-bond acceptors (Lipinski definition) is 2. The molecule has 0 amide bonds. The lowest BCUT2D eigenvalue weighted by atomic mass is 10.0. The van der Waals surface area contributed by atoms with E-state index in [4.69, 9.17) is 0 Å². The molecule has 0 aromatic carbocycles. The number of likely N-dealkylation sites (N-methyl/N-ethyl adjacent to an activating group) is 1. The number of nitrogens with zero attached hydrogens (tertiary/aromatic N) is 1. The lowest BCUT2D eigenvalue weighted by Gasteiger charge is -2.21. The van der Waals surface area contributed by atoms with Gasteiger partial charge in [0.25, 0.3) is 0 Å². The monoisotopic (exact) mass is 168 g/mol. The predicted octanol–water partition coefficient (Wildman–Crippen LogP) is 1.08. The average Bonchev–Trinajstić information content (AvgIpc) is 2.60. The Morgan fingerprint density at radius 1 is 1.42 bits per heavy atom. The molecule has 2 nitrogen and oxygen atoms in total. The van der Waals surface area contributed by atoms with E-state index in [0.29, 0.717) is 11.5 Å². The van der Waals surface area contributed by atoms with Crippen LogP contribution in [0.5, 0.6) is 0 Å². The third-order valence-corrected chi connectivity index (χ3v) is 3.25. The standard InChI is InChI=1S/C10H20N2/c1-8(2)11-9-6-12(3)7-10(9)4-5-10/h8-9,11H,4-7H2,1-3H3. The molecule has 1 aliphatic carbocycles. The van der Waals surface area contributed by atoms with E-state index in [1.54, 1.807) is 0 Å². The van der Waals surface area contributed by atoms with Gasteiger partial charge in [0.1, 0.15) is 0 Å². The third kappa shape index (κ3) is 1.38. The van der Waals surface area contributed by atoms with Crippen LogP contribution in [0.1, 0.15) is 26.7 Å². The Labute approximate surface area is 75.3 Å². The summed E-state index contributed by atoms with van der Waals surface area (Å²) >= 11 is 0. The van der Waals surface area contributed by atoms with Gasteiger partial charge in [-0.2, -0.15) is 0 Å². The molecule has 0 aromatic heterocycles. The summed E-state index contributed by atoms with van der Waals surface area (Å²) < 4.78 is 0. The van der Waals surface area contributed by atoms with E-state index in [9.17, 15) is 0 Å². The summed E-state index contributed by atoms with van der Waals surface area (Å²) in [4.78, 5) is 2.47. The SMILES string of the molecule is CC(C)NC1CN(C)CC12CC2. The Hall–Kier alpha value is -0.0800. The first-order chi connectivity index (χ1) is 5.62. The van der Waals surface area contributed by atoms with Crippen LogP contribution < -0.4 is 5.32 Å². The zero-order chi connectivity index (χ0) is 8.77. The van der Waals surface area contributed by atoms with E-state index in [1.165, 1.54) is 25.9 Å². The second-order valence-electron chi connectivity index (χ2n) is 4.93. The predicted molar refractivity (Wildman–Crippen MR) is 51.2 cm³/mol. The van der Waals surface area contributed by atoms with Crippen LogP contribution in [0.3, 0.4) is 0 Å². The fourth-order valence-electron chi connectivity index (χ4n) is 2.52. The van der Waals surface area contributed by atoms with E-state index in [0.717, 1.165) is 6.04 Å². The smallest absolute Gasteiger partial charge is 0.0265 e. The molecular weight excluding hydrogens is 148 g/mol. The van der Waals surface area contributed by atoms with Crippen molar-refractivity contribution in [3.63, 3.8) is 0 Å². The summed E-state index contributed by atoms with van der Waals surface area (Å²) in [5.41, 5.74) is 0.680. The third-order valence-electron chi connectivity index (χ3n) is 3.25. The van der Waals surface area contributed by atoms with Crippen molar-refractivity contribution in [2.75, 3.05) is 20.1 Å². The van der Waals surface area contributed by atoms with E-state index in [2.05, 4.69) is 31.1 Å². The van der Waals surface area contributed by atoms with Crippen molar-refractivity contribution in [2.24, 2.45) is 5.41 Å². The molecule has 1 aliphatic heterocycles. The van der Waals surface area contributed by atoms with Gasteiger partial charge in [-0.25, -0.2) is 0 Å². The Balaban J connectivity index is 1.96. The van der Waals surface area contributed by atoms with Crippen molar-refractivity contribution >= 4 is 0 Å². The van der Waals surface area contributed by atoms with Gasteiger partial charge in [0, 0.05) is 25.2 Å². The minimum absolute atomic E-state index is 0.638. The zero-order valence-electron chi connectivity index (χ0n) is 8.43. The van der Waals surface area contributed by atoms with Crippen LogP contribution in [0.15, 0.2) is 0 Å². The highest BCUT2D eigenvalue weighted by Gasteiger charge is 2.53. The molecule has 12 heavy (non-hydrogen) atoms. The fraction of sp³-hybridized carbons (Fsp3) is 1.00. The molecular formula is C10H20N2. The Morgan fingerprint density at radius 2 is 2.08 bits per heavy atom. The molecule has 1 N–H and O–H groups in total. The second-order valence-corrected chi connectivity index (χ2v) is 4.93. The average molecular weight is 168 g/mol. The molecule has 0 aromatic rings. The van der Waals surface area contributed by atoms with E-state index in [1.807, 2.05) is 0 Å². The van der Waals surface area contributed by atoms with Crippen LogP contribution in [0.25, 0.3) is 0 Å². The van der Waals surface area contributed by atoms with Gasteiger partial charge in [-0.15, -0.1) is 0 Å². The van der Waals surface area contributed by atoms with Gasteiger partial charge in [-0.3, -0.25) is 0 Å². The second kappa shape index (κ2) is 2.71. The molecule has 70 valence electrons. The topological polar surface area (TPSA) is 15.3 Å². The van der Waals surface area contributed by atoms with Crippen LogP contribution in [0.2, 0.25) is 0 Å². The molecule has 2 fully saturated rings. The summed E-state index contributed by atoms with van der Waals surface area (Å²) in [5, 5.41) is 3.68. The van der Waals surface area contributed by atoms with Crippen molar-refractivity contribution in [2.45, 2.75) is 38.8 Å². The number of nitrogens with one attached hydrogen (secondary N) is 1.